The molecular weight excluding hydrogens is 262 g/mol. The highest BCUT2D eigenvalue weighted by atomic mass is 16.1. The summed E-state index contributed by atoms with van der Waals surface area (Å²) in [6, 6.07) is 0.237. The molecule has 2 N–H and O–H groups in total. The van der Waals surface area contributed by atoms with Crippen molar-refractivity contribution in [3.05, 3.63) is 29.4 Å². The third-order valence-corrected chi connectivity index (χ3v) is 4.56. The Labute approximate surface area is 126 Å². The molecule has 1 heterocycles. The van der Waals surface area contributed by atoms with Crippen LogP contribution in [-0.2, 0) is 17.6 Å². The second kappa shape index (κ2) is 6.04. The number of carbonyl (C=O) groups excluding carboxylic acids is 1. The van der Waals surface area contributed by atoms with Gasteiger partial charge in [-0.1, -0.05) is 26.0 Å². The molecule has 2 aliphatic rings. The molecule has 21 heavy (non-hydrogen) atoms. The maximum absolute atomic E-state index is 12.4. The first-order chi connectivity index (χ1) is 10.1. The lowest BCUT2D eigenvalue weighted by Gasteiger charge is -2.24. The number of aromatic amines is 1. The molecule has 2 atom stereocenters. The van der Waals surface area contributed by atoms with Crippen molar-refractivity contribution in [1.82, 2.24) is 15.3 Å². The lowest BCUT2D eigenvalue weighted by atomic mass is 9.88. The van der Waals surface area contributed by atoms with Crippen LogP contribution in [0.3, 0.4) is 0 Å². The molecule has 0 saturated carbocycles. The molecule has 0 spiro atoms. The Morgan fingerprint density at radius 2 is 2.29 bits per heavy atom. The summed E-state index contributed by atoms with van der Waals surface area (Å²) in [6.45, 7) is 4.29. The highest BCUT2D eigenvalue weighted by molar-refractivity contribution is 5.79. The molecular formula is C17H25N3O. The zero-order chi connectivity index (χ0) is 14.8. The lowest BCUT2D eigenvalue weighted by Crippen LogP contribution is -2.40. The number of H-pyrrole nitrogens is 1. The summed E-state index contributed by atoms with van der Waals surface area (Å²) in [6.07, 6.45) is 10.3. The van der Waals surface area contributed by atoms with Gasteiger partial charge in [0.15, 0.2) is 0 Å². The smallest absolute Gasteiger partial charge is 0.223 e. The minimum Gasteiger partial charge on any atom is -0.350 e. The van der Waals surface area contributed by atoms with Crippen LogP contribution in [0.15, 0.2) is 12.2 Å². The zero-order valence-electron chi connectivity index (χ0n) is 13.0. The van der Waals surface area contributed by atoms with Gasteiger partial charge in [0.05, 0.1) is 5.69 Å². The van der Waals surface area contributed by atoms with E-state index in [0.29, 0.717) is 5.92 Å². The second-order valence-electron chi connectivity index (χ2n) is 6.62. The number of fused-ring (bicyclic) bond motifs is 1. The Hall–Kier alpha value is -1.58. The standard InChI is InChI=1S/C17H25N3O/c1-11(2)16-19-14-9-8-12(10-15(14)20-16)17(21)18-13-6-4-3-5-7-13/h4,6,11-13H,3,5,7-10H2,1-2H3,(H,18,21)(H,19,20)/t12-,13+/m0/s1. The third kappa shape index (κ3) is 3.20. The molecule has 0 radical (unpaired) electrons. The van der Waals surface area contributed by atoms with Gasteiger partial charge >= 0.3 is 0 Å². The van der Waals surface area contributed by atoms with Crippen molar-refractivity contribution in [3.8, 4) is 0 Å². The molecule has 1 aromatic rings. The van der Waals surface area contributed by atoms with Crippen LogP contribution in [0.5, 0.6) is 0 Å². The molecule has 114 valence electrons. The number of hydrogen-bond donors (Lipinski definition) is 2. The average Bonchev–Trinajstić information content (AvgIpc) is 2.91. The highest BCUT2D eigenvalue weighted by Crippen LogP contribution is 2.26. The molecule has 0 saturated heterocycles. The van der Waals surface area contributed by atoms with Crippen LogP contribution in [0.1, 0.15) is 62.7 Å². The van der Waals surface area contributed by atoms with Crippen molar-refractivity contribution in [2.45, 2.75) is 64.3 Å². The number of rotatable bonds is 3. The molecule has 1 aromatic heterocycles. The van der Waals surface area contributed by atoms with Crippen molar-refractivity contribution in [2.24, 2.45) is 5.92 Å². The van der Waals surface area contributed by atoms with Gasteiger partial charge in [0, 0.05) is 30.0 Å². The maximum Gasteiger partial charge on any atom is 0.223 e. The number of allylic oxidation sites excluding steroid dienone is 1. The molecule has 1 amide bonds. The first kappa shape index (κ1) is 14.4. The van der Waals surface area contributed by atoms with Crippen LogP contribution in [0, 0.1) is 5.92 Å². The van der Waals surface area contributed by atoms with E-state index in [4.69, 9.17) is 0 Å². The van der Waals surface area contributed by atoms with Crippen LogP contribution < -0.4 is 5.32 Å². The van der Waals surface area contributed by atoms with E-state index >= 15 is 0 Å². The van der Waals surface area contributed by atoms with Gasteiger partial charge in [0.25, 0.3) is 0 Å². The Morgan fingerprint density at radius 1 is 1.43 bits per heavy atom. The van der Waals surface area contributed by atoms with E-state index in [0.717, 1.165) is 37.9 Å². The number of aromatic nitrogens is 2. The van der Waals surface area contributed by atoms with Gasteiger partial charge in [-0.3, -0.25) is 4.79 Å². The molecule has 2 aliphatic carbocycles. The minimum absolute atomic E-state index is 0.0910. The van der Waals surface area contributed by atoms with Crippen molar-refractivity contribution in [1.29, 1.82) is 0 Å². The van der Waals surface area contributed by atoms with Crippen molar-refractivity contribution in [3.63, 3.8) is 0 Å². The van der Waals surface area contributed by atoms with Gasteiger partial charge in [-0.15, -0.1) is 0 Å². The van der Waals surface area contributed by atoms with E-state index < -0.39 is 0 Å². The SMILES string of the molecule is CC(C)c1nc2c([nH]1)C[C@@H](C(=O)N[C@@H]1C=CCCC1)CC2. The van der Waals surface area contributed by atoms with Crippen LogP contribution in [0.25, 0.3) is 0 Å². The van der Waals surface area contributed by atoms with Gasteiger partial charge in [-0.05, 0) is 32.1 Å². The predicted octanol–water partition coefficient (Wildman–Crippen LogP) is 2.86. The number of nitrogens with one attached hydrogen (secondary N) is 2. The normalized spacial score (nSPS) is 24.9. The summed E-state index contributed by atoms with van der Waals surface area (Å²) in [5, 5.41) is 3.19. The Bertz CT molecular complexity index is 544. The monoisotopic (exact) mass is 287 g/mol. The van der Waals surface area contributed by atoms with Crippen molar-refractivity contribution >= 4 is 5.91 Å². The van der Waals surface area contributed by atoms with Gasteiger partial charge < -0.3 is 10.3 Å². The Balaban J connectivity index is 1.63. The fourth-order valence-corrected chi connectivity index (χ4v) is 3.23. The van der Waals surface area contributed by atoms with E-state index in [9.17, 15) is 4.79 Å². The highest BCUT2D eigenvalue weighted by Gasteiger charge is 2.28. The average molecular weight is 287 g/mol. The second-order valence-corrected chi connectivity index (χ2v) is 6.62. The molecule has 3 rings (SSSR count). The van der Waals surface area contributed by atoms with Crippen LogP contribution in [-0.4, -0.2) is 21.9 Å². The van der Waals surface area contributed by atoms with Gasteiger partial charge in [-0.2, -0.15) is 0 Å². The summed E-state index contributed by atoms with van der Waals surface area (Å²) in [5.74, 6) is 1.76. The van der Waals surface area contributed by atoms with Gasteiger partial charge in [0.2, 0.25) is 5.91 Å². The number of hydrogen-bond acceptors (Lipinski definition) is 2. The molecule has 0 unspecified atom stereocenters. The largest absolute Gasteiger partial charge is 0.350 e. The Morgan fingerprint density at radius 3 is 3.00 bits per heavy atom. The molecule has 0 aromatic carbocycles. The van der Waals surface area contributed by atoms with Crippen LogP contribution >= 0.6 is 0 Å². The molecule has 0 fully saturated rings. The fraction of sp³-hybridized carbons (Fsp3) is 0.647. The van der Waals surface area contributed by atoms with E-state index in [1.54, 1.807) is 0 Å². The van der Waals surface area contributed by atoms with Crippen LogP contribution in [0.4, 0.5) is 0 Å². The quantitative estimate of drug-likeness (QED) is 0.840. The summed E-state index contributed by atoms with van der Waals surface area (Å²) in [5.41, 5.74) is 2.34. The topological polar surface area (TPSA) is 57.8 Å². The summed E-state index contributed by atoms with van der Waals surface area (Å²) < 4.78 is 0. The Kier molecular flexibility index (Phi) is 4.13. The first-order valence-corrected chi connectivity index (χ1v) is 8.18. The number of carbonyl (C=O) groups is 1. The molecule has 4 heteroatoms. The number of amides is 1. The van der Waals surface area contributed by atoms with E-state index in [2.05, 4.69) is 41.3 Å². The van der Waals surface area contributed by atoms with E-state index in [1.165, 1.54) is 17.8 Å². The predicted molar refractivity (Wildman–Crippen MR) is 83.1 cm³/mol. The van der Waals surface area contributed by atoms with Gasteiger partial charge in [-0.25, -0.2) is 4.98 Å². The lowest BCUT2D eigenvalue weighted by molar-refractivity contribution is -0.125. The van der Waals surface area contributed by atoms with Gasteiger partial charge in [0.1, 0.15) is 5.82 Å². The molecule has 0 bridgehead atoms. The van der Waals surface area contributed by atoms with E-state index in [1.807, 2.05) is 0 Å². The van der Waals surface area contributed by atoms with Crippen molar-refractivity contribution in [2.75, 3.05) is 0 Å². The maximum atomic E-state index is 12.4. The summed E-state index contributed by atoms with van der Waals surface area (Å²) in [4.78, 5) is 20.5. The summed E-state index contributed by atoms with van der Waals surface area (Å²) >= 11 is 0. The number of nitrogens with zero attached hydrogens (tertiary/aromatic N) is 1. The third-order valence-electron chi connectivity index (χ3n) is 4.56. The van der Waals surface area contributed by atoms with E-state index in [-0.39, 0.29) is 17.9 Å². The molecule has 0 aliphatic heterocycles. The summed E-state index contributed by atoms with van der Waals surface area (Å²) in [7, 11) is 0. The minimum atomic E-state index is 0.0910. The molecule has 4 nitrogen and oxygen atoms in total. The zero-order valence-corrected chi connectivity index (χ0v) is 13.0. The van der Waals surface area contributed by atoms with Crippen LogP contribution in [0.2, 0.25) is 0 Å². The first-order valence-electron chi connectivity index (χ1n) is 8.18. The number of imidazole rings is 1. The van der Waals surface area contributed by atoms with Crippen molar-refractivity contribution < 1.29 is 4.79 Å². The number of aryl methyl sites for hydroxylation is 1. The fourth-order valence-electron chi connectivity index (χ4n) is 3.23.